The van der Waals surface area contributed by atoms with Crippen LogP contribution in [0, 0.1) is 26.7 Å². The molecule has 0 radical (unpaired) electrons. The monoisotopic (exact) mass is 366 g/mol. The Morgan fingerprint density at radius 1 is 1.11 bits per heavy atom. The lowest BCUT2D eigenvalue weighted by Crippen LogP contribution is -2.21. The predicted molar refractivity (Wildman–Crippen MR) is 112 cm³/mol. The zero-order chi connectivity index (χ0) is 20.0. The summed E-state index contributed by atoms with van der Waals surface area (Å²) in [6.07, 6.45) is 1.84. The highest BCUT2D eigenvalue weighted by molar-refractivity contribution is 5.92. The van der Waals surface area contributed by atoms with E-state index in [1.54, 1.807) is 0 Å². The first kappa shape index (κ1) is 20.7. The topological polar surface area (TPSA) is 41.9 Å². The average Bonchev–Trinajstić information content (AvgIpc) is 2.60. The van der Waals surface area contributed by atoms with Gasteiger partial charge in [0.05, 0.1) is 17.6 Å². The Morgan fingerprint density at radius 2 is 1.78 bits per heavy atom. The van der Waals surface area contributed by atoms with Crippen molar-refractivity contribution >= 4 is 18.0 Å². The van der Waals surface area contributed by atoms with Gasteiger partial charge in [-0.2, -0.15) is 0 Å². The van der Waals surface area contributed by atoms with Crippen LogP contribution in [0.25, 0.3) is 0 Å². The quantitative estimate of drug-likeness (QED) is 0.383. The fourth-order valence-electron chi connectivity index (χ4n) is 2.85. The van der Waals surface area contributed by atoms with Crippen molar-refractivity contribution in [2.24, 2.45) is 10.9 Å². The number of aliphatic imine (C=N–C) groups is 1. The van der Waals surface area contributed by atoms with Crippen molar-refractivity contribution in [1.82, 2.24) is 4.90 Å². The molecule has 0 saturated heterocycles. The summed E-state index contributed by atoms with van der Waals surface area (Å²) in [6, 6.07) is 11.8. The molecule has 144 valence electrons. The molecule has 0 bridgehead atoms. The predicted octanol–water partition coefficient (Wildman–Crippen LogP) is 5.22. The summed E-state index contributed by atoms with van der Waals surface area (Å²) >= 11 is 0. The van der Waals surface area contributed by atoms with Crippen LogP contribution in [0.4, 0.5) is 5.69 Å². The van der Waals surface area contributed by atoms with E-state index in [0.29, 0.717) is 11.5 Å². The summed E-state index contributed by atoms with van der Waals surface area (Å²) < 4.78 is 5.49. The number of carbonyl (C=O) groups excluding carboxylic acids is 1. The Hall–Kier alpha value is -2.62. The molecular formula is C23H30N2O2. The fraction of sp³-hybridized carbons (Fsp3) is 0.391. The number of aryl methyl sites for hydroxylation is 3. The summed E-state index contributed by atoms with van der Waals surface area (Å²) in [6.45, 7) is 11.5. The van der Waals surface area contributed by atoms with Crippen molar-refractivity contribution in [3.63, 3.8) is 0 Å². The first-order chi connectivity index (χ1) is 12.8. The molecule has 4 nitrogen and oxygen atoms in total. The molecule has 0 unspecified atom stereocenters. The molecule has 0 aromatic heterocycles. The number of hydrogen-bond donors (Lipinski definition) is 0. The van der Waals surface area contributed by atoms with Crippen molar-refractivity contribution in [2.45, 2.75) is 41.2 Å². The zero-order valence-electron chi connectivity index (χ0n) is 17.2. The Bertz CT molecular complexity index is 808. The highest BCUT2D eigenvalue weighted by Crippen LogP contribution is 2.24. The second-order valence-electron chi connectivity index (χ2n) is 7.59. The standard InChI is InChI=1S/C23H30N2O2/c1-16(2)13-25(6)15-24-22-12-18(4)21(11-19(22)5)23(26)27-14-20-9-7-17(3)8-10-20/h7-12,15-16H,13-14H2,1-6H3/b24-15+. The van der Waals surface area contributed by atoms with Gasteiger partial charge >= 0.3 is 5.97 Å². The van der Waals surface area contributed by atoms with E-state index in [0.717, 1.165) is 28.9 Å². The summed E-state index contributed by atoms with van der Waals surface area (Å²) in [5.41, 5.74) is 5.46. The number of nitrogens with zero attached hydrogens (tertiary/aromatic N) is 2. The number of benzene rings is 2. The first-order valence-electron chi connectivity index (χ1n) is 9.34. The highest BCUT2D eigenvalue weighted by atomic mass is 16.5. The lowest BCUT2D eigenvalue weighted by molar-refractivity contribution is 0.0472. The SMILES string of the molecule is Cc1ccc(COC(=O)c2cc(C)c(/N=C/N(C)CC(C)C)cc2C)cc1. The van der Waals surface area contributed by atoms with E-state index in [4.69, 9.17) is 4.74 Å². The minimum Gasteiger partial charge on any atom is -0.457 e. The molecule has 0 saturated carbocycles. The molecule has 0 aliphatic heterocycles. The van der Waals surface area contributed by atoms with Gasteiger partial charge in [0.15, 0.2) is 0 Å². The van der Waals surface area contributed by atoms with Crippen LogP contribution < -0.4 is 0 Å². The third-order valence-corrected chi connectivity index (χ3v) is 4.30. The highest BCUT2D eigenvalue weighted by Gasteiger charge is 2.13. The van der Waals surface area contributed by atoms with Crippen molar-refractivity contribution < 1.29 is 9.53 Å². The molecule has 2 rings (SSSR count). The first-order valence-corrected chi connectivity index (χ1v) is 9.34. The van der Waals surface area contributed by atoms with E-state index in [9.17, 15) is 4.79 Å². The van der Waals surface area contributed by atoms with Crippen molar-refractivity contribution in [3.05, 3.63) is 64.2 Å². The zero-order valence-corrected chi connectivity index (χ0v) is 17.2. The van der Waals surface area contributed by atoms with E-state index >= 15 is 0 Å². The van der Waals surface area contributed by atoms with Gasteiger partial charge in [-0.25, -0.2) is 9.79 Å². The molecule has 0 atom stereocenters. The largest absolute Gasteiger partial charge is 0.457 e. The summed E-state index contributed by atoms with van der Waals surface area (Å²) in [5.74, 6) is 0.276. The lowest BCUT2D eigenvalue weighted by Gasteiger charge is -2.16. The van der Waals surface area contributed by atoms with Gasteiger partial charge in [0.1, 0.15) is 6.61 Å². The summed E-state index contributed by atoms with van der Waals surface area (Å²) in [7, 11) is 2.02. The van der Waals surface area contributed by atoms with Crippen LogP contribution in [-0.4, -0.2) is 30.8 Å². The molecule has 2 aromatic rings. The lowest BCUT2D eigenvalue weighted by atomic mass is 10.0. The van der Waals surface area contributed by atoms with Crippen molar-refractivity contribution in [3.8, 4) is 0 Å². The molecule has 0 fully saturated rings. The van der Waals surface area contributed by atoms with Crippen LogP contribution in [0.1, 0.15) is 46.5 Å². The van der Waals surface area contributed by atoms with E-state index in [1.807, 2.05) is 70.6 Å². The van der Waals surface area contributed by atoms with Gasteiger partial charge in [-0.05, 0) is 55.5 Å². The maximum absolute atomic E-state index is 12.5. The maximum atomic E-state index is 12.5. The van der Waals surface area contributed by atoms with E-state index < -0.39 is 0 Å². The van der Waals surface area contributed by atoms with Crippen molar-refractivity contribution in [1.29, 1.82) is 0 Å². The fourth-order valence-corrected chi connectivity index (χ4v) is 2.85. The van der Waals surface area contributed by atoms with Crippen LogP contribution in [0.15, 0.2) is 41.4 Å². The van der Waals surface area contributed by atoms with E-state index in [2.05, 4.69) is 23.7 Å². The number of carbonyl (C=O) groups is 1. The van der Waals surface area contributed by atoms with Crippen LogP contribution in [0.2, 0.25) is 0 Å². The van der Waals surface area contributed by atoms with Gasteiger partial charge in [-0.3, -0.25) is 0 Å². The molecule has 2 aromatic carbocycles. The molecule has 4 heteroatoms. The minimum absolute atomic E-state index is 0.275. The number of ether oxygens (including phenoxy) is 1. The summed E-state index contributed by atoms with van der Waals surface area (Å²) in [4.78, 5) is 19.1. The average molecular weight is 367 g/mol. The van der Waals surface area contributed by atoms with Gasteiger partial charge < -0.3 is 9.64 Å². The van der Waals surface area contributed by atoms with Crippen LogP contribution >= 0.6 is 0 Å². The Morgan fingerprint density at radius 3 is 2.41 bits per heavy atom. The molecule has 0 spiro atoms. The Balaban J connectivity index is 2.07. The van der Waals surface area contributed by atoms with Gasteiger partial charge in [0.25, 0.3) is 0 Å². The maximum Gasteiger partial charge on any atom is 0.338 e. The van der Waals surface area contributed by atoms with Crippen LogP contribution in [0.5, 0.6) is 0 Å². The van der Waals surface area contributed by atoms with Crippen molar-refractivity contribution in [2.75, 3.05) is 13.6 Å². The number of hydrogen-bond acceptors (Lipinski definition) is 3. The van der Waals surface area contributed by atoms with Gasteiger partial charge in [-0.1, -0.05) is 43.7 Å². The van der Waals surface area contributed by atoms with Crippen LogP contribution in [-0.2, 0) is 11.3 Å². The van der Waals surface area contributed by atoms with Gasteiger partial charge in [-0.15, -0.1) is 0 Å². The number of rotatable bonds is 7. The third-order valence-electron chi connectivity index (χ3n) is 4.30. The number of esters is 1. The normalized spacial score (nSPS) is 11.2. The Kier molecular flexibility index (Phi) is 7.17. The Labute approximate surface area is 162 Å². The summed E-state index contributed by atoms with van der Waals surface area (Å²) in [5, 5.41) is 0. The molecule has 0 amide bonds. The molecular weight excluding hydrogens is 336 g/mol. The molecule has 0 aliphatic rings. The molecule has 0 N–H and O–H groups in total. The smallest absolute Gasteiger partial charge is 0.338 e. The second-order valence-corrected chi connectivity index (χ2v) is 7.59. The molecule has 27 heavy (non-hydrogen) atoms. The van der Waals surface area contributed by atoms with Gasteiger partial charge in [0, 0.05) is 13.6 Å². The van der Waals surface area contributed by atoms with E-state index in [-0.39, 0.29) is 12.6 Å². The van der Waals surface area contributed by atoms with Crippen LogP contribution in [0.3, 0.4) is 0 Å². The van der Waals surface area contributed by atoms with E-state index in [1.165, 1.54) is 5.56 Å². The molecule has 0 aliphatic carbocycles. The second kappa shape index (κ2) is 9.36. The minimum atomic E-state index is -0.302. The van der Waals surface area contributed by atoms with Gasteiger partial charge in [0.2, 0.25) is 0 Å². The molecule has 0 heterocycles. The third kappa shape index (κ3) is 6.24.